The van der Waals surface area contributed by atoms with E-state index in [1.165, 1.54) is 12.0 Å². The minimum absolute atomic E-state index is 0.245. The molecule has 108 valence electrons. The van der Waals surface area contributed by atoms with Gasteiger partial charge in [-0.3, -0.25) is 16.0 Å². The topological polar surface area (TPSA) is 62.3 Å². The Morgan fingerprint density at radius 3 is 2.84 bits per heavy atom. The fourth-order valence-corrected chi connectivity index (χ4v) is 2.88. The molecule has 0 amide bonds. The summed E-state index contributed by atoms with van der Waals surface area (Å²) in [6.45, 7) is 3.33. The summed E-state index contributed by atoms with van der Waals surface area (Å²) in [5.74, 6) is 5.79. The monoisotopic (exact) mass is 266 g/mol. The Morgan fingerprint density at radius 1 is 1.42 bits per heavy atom. The highest BCUT2D eigenvalue weighted by molar-refractivity contribution is 5.07. The van der Waals surface area contributed by atoms with Crippen molar-refractivity contribution in [3.8, 4) is 0 Å². The number of likely N-dealkylation sites (N-methyl/N-ethyl adjacent to an activating group) is 2. The summed E-state index contributed by atoms with van der Waals surface area (Å²) < 4.78 is 1.84. The molecule has 6 nitrogen and oxygen atoms in total. The number of hydrogen-bond donors (Lipinski definition) is 2. The number of aromatic nitrogens is 2. The Bertz CT molecular complexity index is 390. The van der Waals surface area contributed by atoms with Gasteiger partial charge in [-0.2, -0.15) is 5.10 Å². The smallest absolute Gasteiger partial charge is 0.0522 e. The van der Waals surface area contributed by atoms with E-state index in [4.69, 9.17) is 5.84 Å². The normalized spacial score (nSPS) is 24.3. The van der Waals surface area contributed by atoms with Crippen LogP contribution in [-0.4, -0.2) is 65.4 Å². The van der Waals surface area contributed by atoms with E-state index in [-0.39, 0.29) is 6.04 Å². The van der Waals surface area contributed by atoms with Crippen LogP contribution < -0.4 is 11.3 Å². The van der Waals surface area contributed by atoms with E-state index in [1.807, 2.05) is 17.9 Å². The Labute approximate surface area is 115 Å². The molecule has 0 aromatic carbocycles. The first-order chi connectivity index (χ1) is 9.10. The van der Waals surface area contributed by atoms with Crippen molar-refractivity contribution in [3.05, 3.63) is 18.0 Å². The second-order valence-electron chi connectivity index (χ2n) is 5.66. The van der Waals surface area contributed by atoms with Crippen LogP contribution in [0.2, 0.25) is 0 Å². The molecule has 0 spiro atoms. The quantitative estimate of drug-likeness (QED) is 0.564. The fourth-order valence-electron chi connectivity index (χ4n) is 2.88. The lowest BCUT2D eigenvalue weighted by Gasteiger charge is -2.34. The molecule has 0 aliphatic carbocycles. The summed E-state index contributed by atoms with van der Waals surface area (Å²) in [6, 6.07) is 0.674. The second-order valence-corrected chi connectivity index (χ2v) is 5.66. The molecule has 0 saturated carbocycles. The Balaban J connectivity index is 2.06. The van der Waals surface area contributed by atoms with Gasteiger partial charge in [-0.1, -0.05) is 0 Å². The molecule has 2 unspecified atom stereocenters. The van der Waals surface area contributed by atoms with Gasteiger partial charge < -0.3 is 9.80 Å². The van der Waals surface area contributed by atoms with Crippen molar-refractivity contribution in [2.24, 2.45) is 12.9 Å². The van der Waals surface area contributed by atoms with Crippen LogP contribution in [0.4, 0.5) is 0 Å². The lowest BCUT2D eigenvalue weighted by molar-refractivity contribution is 0.177. The van der Waals surface area contributed by atoms with E-state index in [2.05, 4.69) is 40.6 Å². The van der Waals surface area contributed by atoms with E-state index in [9.17, 15) is 0 Å². The lowest BCUT2D eigenvalue weighted by Crippen LogP contribution is -2.55. The first-order valence-corrected chi connectivity index (χ1v) is 6.92. The van der Waals surface area contributed by atoms with Crippen molar-refractivity contribution in [2.75, 3.05) is 33.7 Å². The SMILES string of the molecule is CN1CCCN(C)C(C(Cc2cnn(C)c2)NN)C1. The summed E-state index contributed by atoms with van der Waals surface area (Å²) in [4.78, 5) is 4.81. The number of nitrogens with two attached hydrogens (primary N) is 1. The number of hydrogen-bond acceptors (Lipinski definition) is 5. The molecule has 2 heterocycles. The number of hydrazine groups is 1. The molecule has 3 N–H and O–H groups in total. The van der Waals surface area contributed by atoms with E-state index in [1.54, 1.807) is 0 Å². The van der Waals surface area contributed by atoms with Crippen molar-refractivity contribution < 1.29 is 0 Å². The largest absolute Gasteiger partial charge is 0.305 e. The van der Waals surface area contributed by atoms with Gasteiger partial charge in [0.1, 0.15) is 0 Å². The zero-order valence-electron chi connectivity index (χ0n) is 12.2. The fraction of sp³-hybridized carbons (Fsp3) is 0.769. The maximum Gasteiger partial charge on any atom is 0.0522 e. The van der Waals surface area contributed by atoms with Gasteiger partial charge in [0.05, 0.1) is 6.20 Å². The van der Waals surface area contributed by atoms with Crippen molar-refractivity contribution in [1.82, 2.24) is 25.0 Å². The Kier molecular flexibility index (Phi) is 4.93. The molecule has 2 rings (SSSR count). The van der Waals surface area contributed by atoms with Crippen LogP contribution in [0, 0.1) is 0 Å². The van der Waals surface area contributed by atoms with Crippen LogP contribution in [0.1, 0.15) is 12.0 Å². The van der Waals surface area contributed by atoms with Crippen LogP contribution in [0.15, 0.2) is 12.4 Å². The van der Waals surface area contributed by atoms with Crippen LogP contribution in [0.3, 0.4) is 0 Å². The van der Waals surface area contributed by atoms with Gasteiger partial charge >= 0.3 is 0 Å². The van der Waals surface area contributed by atoms with E-state index < -0.39 is 0 Å². The molecular formula is C13H26N6. The number of rotatable bonds is 4. The van der Waals surface area contributed by atoms with Crippen molar-refractivity contribution >= 4 is 0 Å². The molecule has 0 radical (unpaired) electrons. The molecule has 19 heavy (non-hydrogen) atoms. The molecule has 0 bridgehead atoms. The van der Waals surface area contributed by atoms with Gasteiger partial charge in [0.2, 0.25) is 0 Å². The van der Waals surface area contributed by atoms with Gasteiger partial charge in [-0.25, -0.2) is 0 Å². The molecule has 1 fully saturated rings. The van der Waals surface area contributed by atoms with Gasteiger partial charge in [0.25, 0.3) is 0 Å². The lowest BCUT2D eigenvalue weighted by atomic mass is 10.0. The Morgan fingerprint density at radius 2 is 2.21 bits per heavy atom. The highest BCUT2D eigenvalue weighted by Gasteiger charge is 2.28. The molecule has 1 saturated heterocycles. The van der Waals surface area contributed by atoms with Gasteiger partial charge in [-0.05, 0) is 45.6 Å². The summed E-state index contributed by atoms with van der Waals surface area (Å²) in [7, 11) is 6.32. The van der Waals surface area contributed by atoms with Crippen molar-refractivity contribution in [2.45, 2.75) is 24.9 Å². The highest BCUT2D eigenvalue weighted by Crippen LogP contribution is 2.13. The molecule has 1 aliphatic heterocycles. The zero-order valence-corrected chi connectivity index (χ0v) is 12.2. The molecule has 2 atom stereocenters. The summed E-state index contributed by atoms with van der Waals surface area (Å²) in [6.07, 6.45) is 6.11. The maximum atomic E-state index is 5.79. The van der Waals surface area contributed by atoms with E-state index >= 15 is 0 Å². The average molecular weight is 266 g/mol. The minimum Gasteiger partial charge on any atom is -0.305 e. The van der Waals surface area contributed by atoms with Crippen molar-refractivity contribution in [1.29, 1.82) is 0 Å². The van der Waals surface area contributed by atoms with Gasteiger partial charge in [-0.15, -0.1) is 0 Å². The predicted octanol–water partition coefficient (Wildman–Crippen LogP) is -0.570. The molecule has 1 aliphatic rings. The van der Waals surface area contributed by atoms with Crippen LogP contribution in [-0.2, 0) is 13.5 Å². The number of aryl methyl sites for hydroxylation is 1. The van der Waals surface area contributed by atoms with Gasteiger partial charge in [0.15, 0.2) is 0 Å². The third kappa shape index (κ3) is 3.76. The summed E-state index contributed by atoms with van der Waals surface area (Å²) >= 11 is 0. The zero-order chi connectivity index (χ0) is 13.8. The van der Waals surface area contributed by atoms with Crippen LogP contribution in [0.5, 0.6) is 0 Å². The summed E-state index contributed by atoms with van der Waals surface area (Å²) in [5, 5.41) is 4.23. The molecular weight excluding hydrogens is 240 g/mol. The second kappa shape index (κ2) is 6.47. The first-order valence-electron chi connectivity index (χ1n) is 6.92. The molecule has 1 aromatic heterocycles. The third-order valence-corrected chi connectivity index (χ3v) is 4.01. The standard InChI is InChI=1S/C13H26N6/c1-17-5-4-6-18(2)13(10-17)12(16-14)7-11-8-15-19(3)9-11/h8-9,12-13,16H,4-7,10,14H2,1-3H3. The first kappa shape index (κ1) is 14.5. The van der Waals surface area contributed by atoms with E-state index in [0.29, 0.717) is 6.04 Å². The van der Waals surface area contributed by atoms with E-state index in [0.717, 1.165) is 26.1 Å². The van der Waals surface area contributed by atoms with Crippen LogP contribution in [0.25, 0.3) is 0 Å². The van der Waals surface area contributed by atoms with Crippen molar-refractivity contribution in [3.63, 3.8) is 0 Å². The number of nitrogens with zero attached hydrogens (tertiary/aromatic N) is 4. The molecule has 1 aromatic rings. The highest BCUT2D eigenvalue weighted by atomic mass is 15.3. The predicted molar refractivity (Wildman–Crippen MR) is 76.6 cm³/mol. The van der Waals surface area contributed by atoms with Gasteiger partial charge in [0, 0.05) is 31.9 Å². The number of nitrogens with one attached hydrogen (secondary N) is 1. The third-order valence-electron chi connectivity index (χ3n) is 4.01. The van der Waals surface area contributed by atoms with Crippen LogP contribution >= 0.6 is 0 Å². The average Bonchev–Trinajstić information content (AvgIpc) is 2.70. The minimum atomic E-state index is 0.245. The summed E-state index contributed by atoms with van der Waals surface area (Å²) in [5.41, 5.74) is 4.23. The Hall–Kier alpha value is -0.950. The maximum absolute atomic E-state index is 5.79. The molecule has 6 heteroatoms.